The lowest BCUT2D eigenvalue weighted by Gasteiger charge is -2.21. The Labute approximate surface area is 150 Å². The van der Waals surface area contributed by atoms with Gasteiger partial charge in [-0.05, 0) is 24.8 Å². The largest absolute Gasteiger partial charge is 0.350 e. The van der Waals surface area contributed by atoms with Gasteiger partial charge in [-0.1, -0.05) is 44.2 Å². The summed E-state index contributed by atoms with van der Waals surface area (Å²) in [5.41, 5.74) is 7.04. The van der Waals surface area contributed by atoms with Gasteiger partial charge in [-0.3, -0.25) is 14.5 Å². The van der Waals surface area contributed by atoms with E-state index in [2.05, 4.69) is 34.6 Å². The zero-order valence-electron chi connectivity index (χ0n) is 15.4. The molecule has 3 atom stereocenters. The topological polar surface area (TPSA) is 87.5 Å². The average molecular weight is 346 g/mol. The van der Waals surface area contributed by atoms with Crippen LogP contribution in [0.15, 0.2) is 30.3 Å². The molecule has 25 heavy (non-hydrogen) atoms. The molecule has 1 aromatic rings. The quantitative estimate of drug-likeness (QED) is 0.683. The molecule has 1 fully saturated rings. The molecule has 4 N–H and O–H groups in total. The average Bonchev–Trinajstić information content (AvgIpc) is 2.91. The van der Waals surface area contributed by atoms with E-state index >= 15 is 0 Å². The lowest BCUT2D eigenvalue weighted by atomic mass is 10.1. The van der Waals surface area contributed by atoms with Crippen LogP contribution in [-0.2, 0) is 16.1 Å². The number of carbonyl (C=O) groups excluding carboxylic acids is 2. The molecule has 0 bridgehead atoms. The number of amides is 2. The number of nitrogens with zero attached hydrogens (tertiary/aromatic N) is 1. The van der Waals surface area contributed by atoms with Gasteiger partial charge in [-0.25, -0.2) is 0 Å². The van der Waals surface area contributed by atoms with Crippen molar-refractivity contribution < 1.29 is 9.59 Å². The summed E-state index contributed by atoms with van der Waals surface area (Å²) in [5.74, 6) is -0.399. The number of carbonyl (C=O) groups is 2. The summed E-state index contributed by atoms with van der Waals surface area (Å²) in [6.07, 6.45) is 0.915. The van der Waals surface area contributed by atoms with Gasteiger partial charge in [0.25, 0.3) is 0 Å². The van der Waals surface area contributed by atoms with Crippen LogP contribution < -0.4 is 16.4 Å². The van der Waals surface area contributed by atoms with Crippen molar-refractivity contribution in [3.05, 3.63) is 35.9 Å². The zero-order valence-corrected chi connectivity index (χ0v) is 15.4. The summed E-state index contributed by atoms with van der Waals surface area (Å²) >= 11 is 0. The van der Waals surface area contributed by atoms with Gasteiger partial charge in [0.05, 0.1) is 12.6 Å². The molecular formula is C19H30N4O2. The van der Waals surface area contributed by atoms with Crippen molar-refractivity contribution in [2.24, 2.45) is 11.7 Å². The predicted molar refractivity (Wildman–Crippen MR) is 98.7 cm³/mol. The van der Waals surface area contributed by atoms with Crippen molar-refractivity contribution in [2.75, 3.05) is 13.1 Å². The van der Waals surface area contributed by atoms with E-state index in [1.807, 2.05) is 32.0 Å². The predicted octanol–water partition coefficient (Wildman–Crippen LogP) is 0.865. The summed E-state index contributed by atoms with van der Waals surface area (Å²) in [4.78, 5) is 26.3. The Balaban J connectivity index is 1.76. The smallest absolute Gasteiger partial charge is 0.239 e. The maximum absolute atomic E-state index is 12.1. The third kappa shape index (κ3) is 5.83. The molecule has 1 aliphatic rings. The van der Waals surface area contributed by atoms with Gasteiger partial charge >= 0.3 is 0 Å². The first-order chi connectivity index (χ1) is 11.9. The number of nitrogens with two attached hydrogens (primary N) is 1. The van der Waals surface area contributed by atoms with Crippen molar-refractivity contribution in [1.82, 2.24) is 15.5 Å². The molecule has 2 unspecified atom stereocenters. The van der Waals surface area contributed by atoms with E-state index in [9.17, 15) is 9.59 Å². The van der Waals surface area contributed by atoms with Crippen LogP contribution in [-0.4, -0.2) is 47.9 Å². The number of hydrogen-bond acceptors (Lipinski definition) is 4. The fourth-order valence-corrected chi connectivity index (χ4v) is 3.11. The summed E-state index contributed by atoms with van der Waals surface area (Å²) in [5, 5.41) is 5.62. The van der Waals surface area contributed by atoms with Gasteiger partial charge in [-0.15, -0.1) is 0 Å². The molecule has 0 aliphatic carbocycles. The maximum atomic E-state index is 12.1. The van der Waals surface area contributed by atoms with Crippen molar-refractivity contribution in [1.29, 1.82) is 0 Å². The van der Waals surface area contributed by atoms with Crippen LogP contribution in [0.5, 0.6) is 0 Å². The van der Waals surface area contributed by atoms with Crippen LogP contribution in [0.25, 0.3) is 0 Å². The molecule has 138 valence electrons. The van der Waals surface area contributed by atoms with Gasteiger partial charge in [-0.2, -0.15) is 0 Å². The fraction of sp³-hybridized carbons (Fsp3) is 0.579. The maximum Gasteiger partial charge on any atom is 0.239 e. The molecular weight excluding hydrogens is 316 g/mol. The summed E-state index contributed by atoms with van der Waals surface area (Å²) in [7, 11) is 0. The Hall–Kier alpha value is -1.92. The van der Waals surface area contributed by atoms with Crippen LogP contribution in [0.4, 0.5) is 0 Å². The normalized spacial score (nSPS) is 22.0. The second kappa shape index (κ2) is 8.97. The lowest BCUT2D eigenvalue weighted by Crippen LogP contribution is -2.48. The van der Waals surface area contributed by atoms with E-state index in [0.717, 1.165) is 19.5 Å². The molecule has 0 spiro atoms. The van der Waals surface area contributed by atoms with Crippen LogP contribution in [0, 0.1) is 5.92 Å². The minimum atomic E-state index is -0.583. The van der Waals surface area contributed by atoms with Crippen LogP contribution >= 0.6 is 0 Å². The lowest BCUT2D eigenvalue weighted by molar-refractivity contribution is -0.127. The van der Waals surface area contributed by atoms with E-state index in [-0.39, 0.29) is 30.3 Å². The highest BCUT2D eigenvalue weighted by Crippen LogP contribution is 2.20. The van der Waals surface area contributed by atoms with Gasteiger partial charge < -0.3 is 16.4 Å². The SMILES string of the molecule is CC(C)[C@H](N)C(=O)NCC(=O)NC1CC(C)N(Cc2ccccc2)C1. The van der Waals surface area contributed by atoms with E-state index in [0.29, 0.717) is 6.04 Å². The Morgan fingerprint density at radius 2 is 1.96 bits per heavy atom. The highest BCUT2D eigenvalue weighted by Gasteiger charge is 2.30. The second-order valence-electron chi connectivity index (χ2n) is 7.25. The summed E-state index contributed by atoms with van der Waals surface area (Å²) in [6.45, 7) is 7.62. The van der Waals surface area contributed by atoms with Crippen molar-refractivity contribution in [3.8, 4) is 0 Å². The molecule has 6 heteroatoms. The van der Waals surface area contributed by atoms with Crippen molar-refractivity contribution in [2.45, 2.75) is 51.9 Å². The van der Waals surface area contributed by atoms with Crippen LogP contribution in [0.3, 0.4) is 0 Å². The number of hydrogen-bond donors (Lipinski definition) is 3. The molecule has 0 radical (unpaired) electrons. The minimum absolute atomic E-state index is 0.0250. The molecule has 1 heterocycles. The Morgan fingerprint density at radius 1 is 1.28 bits per heavy atom. The molecule has 6 nitrogen and oxygen atoms in total. The Kier molecular flexibility index (Phi) is 6.96. The first-order valence-corrected chi connectivity index (χ1v) is 8.97. The standard InChI is InChI=1S/C19H30N4O2/c1-13(2)18(20)19(25)21-10-17(24)22-16-9-14(3)23(12-16)11-15-7-5-4-6-8-15/h4-8,13-14,16,18H,9-12,20H2,1-3H3,(H,21,25)(H,22,24)/t14?,16?,18-/m0/s1. The Morgan fingerprint density at radius 3 is 2.60 bits per heavy atom. The highest BCUT2D eigenvalue weighted by atomic mass is 16.2. The monoisotopic (exact) mass is 346 g/mol. The third-order valence-electron chi connectivity index (χ3n) is 4.74. The van der Waals surface area contributed by atoms with Gasteiger partial charge in [0, 0.05) is 25.2 Å². The van der Waals surface area contributed by atoms with Crippen molar-refractivity contribution >= 4 is 11.8 Å². The third-order valence-corrected chi connectivity index (χ3v) is 4.74. The second-order valence-corrected chi connectivity index (χ2v) is 7.25. The molecule has 1 aliphatic heterocycles. The van der Waals surface area contributed by atoms with E-state index < -0.39 is 6.04 Å². The van der Waals surface area contributed by atoms with Gasteiger partial charge in [0.2, 0.25) is 11.8 Å². The zero-order chi connectivity index (χ0) is 18.4. The van der Waals surface area contributed by atoms with Gasteiger partial charge in [0.15, 0.2) is 0 Å². The van der Waals surface area contributed by atoms with E-state index in [4.69, 9.17) is 5.73 Å². The first-order valence-electron chi connectivity index (χ1n) is 8.97. The number of benzene rings is 1. The fourth-order valence-electron chi connectivity index (χ4n) is 3.11. The summed E-state index contributed by atoms with van der Waals surface area (Å²) in [6, 6.07) is 10.3. The number of likely N-dealkylation sites (tertiary alicyclic amines) is 1. The number of nitrogens with one attached hydrogen (secondary N) is 2. The molecule has 1 aromatic carbocycles. The van der Waals surface area contributed by atoms with Crippen LogP contribution in [0.1, 0.15) is 32.8 Å². The first kappa shape index (κ1) is 19.4. The minimum Gasteiger partial charge on any atom is -0.350 e. The molecule has 2 rings (SSSR count). The molecule has 1 saturated heterocycles. The van der Waals surface area contributed by atoms with Crippen LogP contribution in [0.2, 0.25) is 0 Å². The van der Waals surface area contributed by atoms with Gasteiger partial charge in [0.1, 0.15) is 0 Å². The molecule has 2 amide bonds. The summed E-state index contributed by atoms with van der Waals surface area (Å²) < 4.78 is 0. The van der Waals surface area contributed by atoms with E-state index in [1.54, 1.807) is 0 Å². The highest BCUT2D eigenvalue weighted by molar-refractivity contribution is 5.87. The van der Waals surface area contributed by atoms with Crippen molar-refractivity contribution in [3.63, 3.8) is 0 Å². The number of rotatable bonds is 7. The molecule has 0 saturated carbocycles. The van der Waals surface area contributed by atoms with E-state index in [1.165, 1.54) is 5.56 Å². The Bertz CT molecular complexity index is 576. The molecule has 0 aromatic heterocycles.